The molecule has 15 heavy (non-hydrogen) atoms. The maximum atomic E-state index is 10.6. The summed E-state index contributed by atoms with van der Waals surface area (Å²) in [6.07, 6.45) is -0.135. The summed E-state index contributed by atoms with van der Waals surface area (Å²) in [5.41, 5.74) is 1.87. The first-order valence-corrected chi connectivity index (χ1v) is 5.99. The van der Waals surface area contributed by atoms with Crippen LogP contribution in [0, 0.1) is 11.3 Å². The van der Waals surface area contributed by atoms with Crippen LogP contribution < -0.4 is 0 Å². The van der Waals surface area contributed by atoms with Crippen LogP contribution in [0.5, 0.6) is 0 Å². The third kappa shape index (κ3) is 3.05. The Hall–Kier alpha value is -0.860. The fourth-order valence-corrected chi connectivity index (χ4v) is 2.55. The summed E-state index contributed by atoms with van der Waals surface area (Å²) in [6, 6.07) is 5.37. The molecule has 0 spiro atoms. The van der Waals surface area contributed by atoms with Crippen LogP contribution in [0.3, 0.4) is 0 Å². The molecule has 0 bridgehead atoms. The summed E-state index contributed by atoms with van der Waals surface area (Å²) in [5.74, 6) is -0.940. The van der Waals surface area contributed by atoms with E-state index in [0.717, 1.165) is 10.0 Å². The molecule has 5 heteroatoms. The highest BCUT2D eigenvalue weighted by Crippen LogP contribution is 2.24. The van der Waals surface area contributed by atoms with E-state index in [-0.39, 0.29) is 6.42 Å². The van der Waals surface area contributed by atoms with Crippen LogP contribution in [-0.2, 0) is 16.5 Å². The summed E-state index contributed by atoms with van der Waals surface area (Å²) in [7, 11) is 0. The number of alkyl halides is 1. The van der Waals surface area contributed by atoms with Crippen molar-refractivity contribution in [3.8, 4) is 6.07 Å². The number of hydrogen-bond acceptors (Lipinski definition) is 2. The van der Waals surface area contributed by atoms with Gasteiger partial charge in [0.05, 0.1) is 18.1 Å². The van der Waals surface area contributed by atoms with E-state index >= 15 is 0 Å². The Labute approximate surface area is 104 Å². The van der Waals surface area contributed by atoms with Crippen molar-refractivity contribution < 1.29 is 9.90 Å². The standard InChI is InChI=1S/C10H7Br2NO2/c11-4-7-1-8(5-13)6(2-9(7)12)3-10(14)15/h1-2H,3-4H2,(H,14,15). The molecule has 1 aromatic carbocycles. The molecule has 0 aromatic heterocycles. The second-order valence-electron chi connectivity index (χ2n) is 2.92. The first-order chi connectivity index (χ1) is 7.08. The van der Waals surface area contributed by atoms with Gasteiger partial charge in [0.2, 0.25) is 0 Å². The summed E-state index contributed by atoms with van der Waals surface area (Å²) < 4.78 is 0.814. The quantitative estimate of drug-likeness (QED) is 0.866. The number of nitrogens with zero attached hydrogens (tertiary/aromatic N) is 1. The summed E-state index contributed by atoms with van der Waals surface area (Å²) in [5, 5.41) is 18.2. The number of halogens is 2. The Morgan fingerprint density at radius 1 is 1.47 bits per heavy atom. The van der Waals surface area contributed by atoms with Gasteiger partial charge in [0.1, 0.15) is 0 Å². The van der Waals surface area contributed by atoms with Gasteiger partial charge < -0.3 is 5.11 Å². The summed E-state index contributed by atoms with van der Waals surface area (Å²) in [4.78, 5) is 10.6. The normalized spacial score (nSPS) is 9.67. The Kier molecular flexibility index (Phi) is 4.30. The van der Waals surface area contributed by atoms with Gasteiger partial charge in [-0.05, 0) is 23.3 Å². The predicted octanol–water partition coefficient (Wildman–Crippen LogP) is 2.84. The monoisotopic (exact) mass is 331 g/mol. The minimum Gasteiger partial charge on any atom is -0.481 e. The molecule has 0 heterocycles. The molecule has 0 fully saturated rings. The molecule has 3 nitrogen and oxygen atoms in total. The number of aliphatic carboxylic acids is 1. The van der Waals surface area contributed by atoms with E-state index in [1.54, 1.807) is 12.1 Å². The van der Waals surface area contributed by atoms with E-state index in [9.17, 15) is 4.79 Å². The highest BCUT2D eigenvalue weighted by atomic mass is 79.9. The molecule has 0 aliphatic rings. The van der Waals surface area contributed by atoms with Crippen LogP contribution in [0.15, 0.2) is 16.6 Å². The first-order valence-electron chi connectivity index (χ1n) is 4.07. The van der Waals surface area contributed by atoms with Gasteiger partial charge >= 0.3 is 5.97 Å². The van der Waals surface area contributed by atoms with Crippen molar-refractivity contribution in [1.29, 1.82) is 5.26 Å². The molecule has 0 aliphatic heterocycles. The van der Waals surface area contributed by atoms with Gasteiger partial charge in [-0.15, -0.1) is 0 Å². The van der Waals surface area contributed by atoms with E-state index in [1.807, 2.05) is 6.07 Å². The Morgan fingerprint density at radius 3 is 2.60 bits per heavy atom. The summed E-state index contributed by atoms with van der Waals surface area (Å²) in [6.45, 7) is 0. The molecule has 1 aromatic rings. The average molecular weight is 333 g/mol. The zero-order chi connectivity index (χ0) is 11.4. The lowest BCUT2D eigenvalue weighted by Gasteiger charge is -2.06. The molecule has 0 saturated carbocycles. The minimum atomic E-state index is -0.940. The smallest absolute Gasteiger partial charge is 0.307 e. The van der Waals surface area contributed by atoms with Crippen molar-refractivity contribution in [3.05, 3.63) is 33.3 Å². The molecular weight excluding hydrogens is 326 g/mol. The van der Waals surface area contributed by atoms with Crippen molar-refractivity contribution in [1.82, 2.24) is 0 Å². The Balaban J connectivity index is 3.22. The molecule has 78 valence electrons. The van der Waals surface area contributed by atoms with Crippen molar-refractivity contribution >= 4 is 37.8 Å². The van der Waals surface area contributed by atoms with Gasteiger partial charge in [-0.25, -0.2) is 0 Å². The molecule has 0 saturated heterocycles. The zero-order valence-electron chi connectivity index (χ0n) is 7.63. The number of carboxylic acid groups (broad SMARTS) is 1. The fraction of sp³-hybridized carbons (Fsp3) is 0.200. The third-order valence-electron chi connectivity index (χ3n) is 1.88. The molecule has 0 radical (unpaired) electrons. The minimum absolute atomic E-state index is 0.135. The molecule has 0 aliphatic carbocycles. The van der Waals surface area contributed by atoms with Crippen molar-refractivity contribution in [2.75, 3.05) is 0 Å². The Morgan fingerprint density at radius 2 is 2.13 bits per heavy atom. The van der Waals surface area contributed by atoms with Gasteiger partial charge in [-0.2, -0.15) is 5.26 Å². The van der Waals surface area contributed by atoms with Crippen LogP contribution in [0.2, 0.25) is 0 Å². The van der Waals surface area contributed by atoms with E-state index in [4.69, 9.17) is 10.4 Å². The predicted molar refractivity (Wildman–Crippen MR) is 62.8 cm³/mol. The number of hydrogen-bond donors (Lipinski definition) is 1. The molecule has 1 rings (SSSR count). The van der Waals surface area contributed by atoms with Crippen LogP contribution in [0.25, 0.3) is 0 Å². The largest absolute Gasteiger partial charge is 0.481 e. The topological polar surface area (TPSA) is 61.1 Å². The van der Waals surface area contributed by atoms with E-state index < -0.39 is 5.97 Å². The van der Waals surface area contributed by atoms with Crippen molar-refractivity contribution in [2.45, 2.75) is 11.8 Å². The first kappa shape index (κ1) is 12.2. The third-order valence-corrected chi connectivity index (χ3v) is 3.22. The number of rotatable bonds is 3. The summed E-state index contributed by atoms with van der Waals surface area (Å²) >= 11 is 6.62. The number of carboxylic acids is 1. The lowest BCUT2D eigenvalue weighted by molar-refractivity contribution is -0.136. The number of nitriles is 1. The van der Waals surface area contributed by atoms with Gasteiger partial charge in [-0.3, -0.25) is 4.79 Å². The van der Waals surface area contributed by atoms with Gasteiger partial charge in [0.25, 0.3) is 0 Å². The highest BCUT2D eigenvalue weighted by molar-refractivity contribution is 9.10. The van der Waals surface area contributed by atoms with Crippen molar-refractivity contribution in [2.24, 2.45) is 0 Å². The maximum Gasteiger partial charge on any atom is 0.307 e. The van der Waals surface area contributed by atoms with Crippen LogP contribution in [0.1, 0.15) is 16.7 Å². The fourth-order valence-electron chi connectivity index (χ4n) is 1.17. The number of carbonyl (C=O) groups is 1. The molecule has 0 unspecified atom stereocenters. The van der Waals surface area contributed by atoms with E-state index in [1.165, 1.54) is 0 Å². The second-order valence-corrected chi connectivity index (χ2v) is 4.33. The van der Waals surface area contributed by atoms with Gasteiger partial charge in [-0.1, -0.05) is 31.9 Å². The van der Waals surface area contributed by atoms with Crippen LogP contribution >= 0.6 is 31.9 Å². The molecule has 1 N–H and O–H groups in total. The van der Waals surface area contributed by atoms with Crippen LogP contribution in [-0.4, -0.2) is 11.1 Å². The van der Waals surface area contributed by atoms with Crippen LogP contribution in [0.4, 0.5) is 0 Å². The molecule has 0 amide bonds. The van der Waals surface area contributed by atoms with E-state index in [2.05, 4.69) is 31.9 Å². The molecule has 0 atom stereocenters. The van der Waals surface area contributed by atoms with E-state index in [0.29, 0.717) is 16.5 Å². The second kappa shape index (κ2) is 5.29. The number of benzene rings is 1. The average Bonchev–Trinajstić information content (AvgIpc) is 2.17. The Bertz CT molecular complexity index is 438. The van der Waals surface area contributed by atoms with Gasteiger partial charge in [0, 0.05) is 9.80 Å². The molecular formula is C10H7Br2NO2. The lowest BCUT2D eigenvalue weighted by atomic mass is 10.0. The maximum absolute atomic E-state index is 10.6. The van der Waals surface area contributed by atoms with Crippen molar-refractivity contribution in [3.63, 3.8) is 0 Å². The van der Waals surface area contributed by atoms with Gasteiger partial charge in [0.15, 0.2) is 0 Å². The lowest BCUT2D eigenvalue weighted by Crippen LogP contribution is -2.03. The SMILES string of the molecule is N#Cc1cc(CBr)c(Br)cc1CC(=O)O. The zero-order valence-corrected chi connectivity index (χ0v) is 10.8. The highest BCUT2D eigenvalue weighted by Gasteiger charge is 2.10.